The van der Waals surface area contributed by atoms with E-state index in [1.807, 2.05) is 24.3 Å². The van der Waals surface area contributed by atoms with E-state index in [0.717, 1.165) is 36.9 Å². The maximum absolute atomic E-state index is 13.3. The number of carbonyl (C=O) groups excluding carboxylic acids is 1. The summed E-state index contributed by atoms with van der Waals surface area (Å²) in [5, 5.41) is 10.9. The highest BCUT2D eigenvalue weighted by Crippen LogP contribution is 2.37. The van der Waals surface area contributed by atoms with E-state index in [1.54, 1.807) is 12.1 Å². The number of hydrogen-bond acceptors (Lipinski definition) is 4. The van der Waals surface area contributed by atoms with Crippen molar-refractivity contribution in [1.29, 1.82) is 0 Å². The monoisotopic (exact) mass is 529 g/mol. The molecule has 0 amide bonds. The molecular weight excluding hydrogens is 482 g/mol. The third kappa shape index (κ3) is 8.22. The maximum Gasteiger partial charge on any atom is 0.338 e. The molecule has 1 aliphatic carbocycles. The molecule has 206 valence electrons. The Morgan fingerprint density at radius 1 is 1.00 bits per heavy atom. The van der Waals surface area contributed by atoms with Crippen LogP contribution in [0.15, 0.2) is 48.5 Å². The first kappa shape index (κ1) is 31.2. The van der Waals surface area contributed by atoms with Gasteiger partial charge in [-0.25, -0.2) is 4.79 Å². The zero-order valence-corrected chi connectivity index (χ0v) is 24.6. The molecule has 1 fully saturated rings. The molecule has 5 heteroatoms. The van der Waals surface area contributed by atoms with Gasteiger partial charge < -0.3 is 9.84 Å². The first-order chi connectivity index (χ1) is 17.1. The number of rotatable bonds is 10. The van der Waals surface area contributed by atoms with Crippen LogP contribution in [0.5, 0.6) is 5.75 Å². The summed E-state index contributed by atoms with van der Waals surface area (Å²) in [6, 6.07) is 16.4. The van der Waals surface area contributed by atoms with Gasteiger partial charge in [0.05, 0.1) is 5.56 Å². The molecule has 0 heterocycles. The van der Waals surface area contributed by atoms with Crippen LogP contribution >= 0.6 is 12.4 Å². The predicted molar refractivity (Wildman–Crippen MR) is 156 cm³/mol. The second-order valence-electron chi connectivity index (χ2n) is 11.7. The van der Waals surface area contributed by atoms with Crippen molar-refractivity contribution in [2.24, 2.45) is 17.8 Å². The summed E-state index contributed by atoms with van der Waals surface area (Å²) in [5.74, 6) is 1.39. The van der Waals surface area contributed by atoms with Crippen LogP contribution in [0.25, 0.3) is 0 Å². The summed E-state index contributed by atoms with van der Waals surface area (Å²) in [4.78, 5) is 15.8. The lowest BCUT2D eigenvalue weighted by atomic mass is 9.75. The Labute approximate surface area is 231 Å². The minimum Gasteiger partial charge on any atom is -0.508 e. The standard InChI is InChI=1S/C32H47NO3.ClH/c1-21(2)27-15-13-24(7)19-31(27)36-32(35)26-14-16-30(34)29(20-26)28(25-11-9-8-10-12-25)17-18-33(22(3)4)23(5)6;/h8-12,14,16,20-24,27-28,31,34H,13,15,17-19H2,1-7H3;1H/t24-,27+,28+,31-;/m1./s1. The average Bonchev–Trinajstić information content (AvgIpc) is 2.82. The first-order valence-corrected chi connectivity index (χ1v) is 13.9. The molecule has 0 aliphatic heterocycles. The van der Waals surface area contributed by atoms with Crippen LogP contribution in [-0.4, -0.2) is 40.7 Å². The molecule has 0 radical (unpaired) electrons. The summed E-state index contributed by atoms with van der Waals surface area (Å²) < 4.78 is 6.13. The molecule has 1 aliphatic rings. The quantitative estimate of drug-likeness (QED) is 0.316. The van der Waals surface area contributed by atoms with Crippen molar-refractivity contribution in [3.8, 4) is 5.75 Å². The number of hydrogen-bond donors (Lipinski definition) is 1. The minimum atomic E-state index is -0.279. The maximum atomic E-state index is 13.3. The van der Waals surface area contributed by atoms with Crippen molar-refractivity contribution in [1.82, 2.24) is 4.90 Å². The van der Waals surface area contributed by atoms with E-state index in [9.17, 15) is 9.90 Å². The van der Waals surface area contributed by atoms with Gasteiger partial charge in [-0.3, -0.25) is 4.90 Å². The van der Waals surface area contributed by atoms with Gasteiger partial charge in [0.15, 0.2) is 0 Å². The lowest BCUT2D eigenvalue weighted by Crippen LogP contribution is -2.38. The van der Waals surface area contributed by atoms with Crippen molar-refractivity contribution < 1.29 is 14.6 Å². The van der Waals surface area contributed by atoms with Gasteiger partial charge in [0, 0.05) is 23.6 Å². The van der Waals surface area contributed by atoms with Gasteiger partial charge in [0.2, 0.25) is 0 Å². The van der Waals surface area contributed by atoms with Gasteiger partial charge in [-0.05, 0) is 95.0 Å². The lowest BCUT2D eigenvalue weighted by Gasteiger charge is -2.36. The summed E-state index contributed by atoms with van der Waals surface area (Å²) in [6.45, 7) is 16.5. The number of aromatic hydroxyl groups is 1. The number of nitrogens with zero attached hydrogens (tertiary/aromatic N) is 1. The van der Waals surface area contributed by atoms with Gasteiger partial charge >= 0.3 is 5.97 Å². The first-order valence-electron chi connectivity index (χ1n) is 13.9. The summed E-state index contributed by atoms with van der Waals surface area (Å²) in [7, 11) is 0. The van der Waals surface area contributed by atoms with E-state index in [2.05, 4.69) is 65.5 Å². The smallest absolute Gasteiger partial charge is 0.338 e. The number of ether oxygens (including phenoxy) is 1. The van der Waals surface area contributed by atoms with E-state index in [4.69, 9.17) is 4.74 Å². The highest BCUT2D eigenvalue weighted by Gasteiger charge is 2.34. The second-order valence-corrected chi connectivity index (χ2v) is 11.7. The predicted octanol–water partition coefficient (Wildman–Crippen LogP) is 8.07. The molecular formula is C32H48ClNO3. The molecule has 0 spiro atoms. The zero-order chi connectivity index (χ0) is 26.4. The summed E-state index contributed by atoms with van der Waals surface area (Å²) in [5.41, 5.74) is 2.46. The van der Waals surface area contributed by atoms with Crippen molar-refractivity contribution in [3.63, 3.8) is 0 Å². The Morgan fingerprint density at radius 3 is 2.24 bits per heavy atom. The Kier molecular flexibility index (Phi) is 12.0. The molecule has 4 nitrogen and oxygen atoms in total. The fourth-order valence-corrected chi connectivity index (χ4v) is 5.99. The van der Waals surface area contributed by atoms with Crippen molar-refractivity contribution in [3.05, 3.63) is 65.2 Å². The normalized spacial score (nSPS) is 20.8. The van der Waals surface area contributed by atoms with E-state index in [0.29, 0.717) is 35.4 Å². The van der Waals surface area contributed by atoms with E-state index >= 15 is 0 Å². The highest BCUT2D eigenvalue weighted by atomic mass is 35.5. The number of benzene rings is 2. The number of carbonyl (C=O) groups is 1. The molecule has 0 saturated heterocycles. The second kappa shape index (κ2) is 14.2. The molecule has 2 aromatic carbocycles. The average molecular weight is 530 g/mol. The fourth-order valence-electron chi connectivity index (χ4n) is 5.99. The molecule has 3 rings (SSSR count). The topological polar surface area (TPSA) is 49.8 Å². The number of phenolic OH excluding ortho intramolecular Hbond substituents is 1. The molecule has 2 aromatic rings. The third-order valence-corrected chi connectivity index (χ3v) is 8.06. The number of phenols is 1. The van der Waals surface area contributed by atoms with Crippen LogP contribution in [0.4, 0.5) is 0 Å². The SMILES string of the molecule is CC(C)[C@@H]1CC[C@@H](C)C[C@H]1OC(=O)c1ccc(O)c([C@@H](CCN(C(C)C)C(C)C)c2ccccc2)c1.Cl. The van der Waals surface area contributed by atoms with E-state index in [-0.39, 0.29) is 36.1 Å². The largest absolute Gasteiger partial charge is 0.508 e. The zero-order valence-electron chi connectivity index (χ0n) is 23.8. The van der Waals surface area contributed by atoms with Crippen LogP contribution in [0.2, 0.25) is 0 Å². The molecule has 37 heavy (non-hydrogen) atoms. The van der Waals surface area contributed by atoms with Crippen LogP contribution < -0.4 is 0 Å². The summed E-state index contributed by atoms with van der Waals surface area (Å²) in [6.07, 6.45) is 4.03. The molecule has 0 bridgehead atoms. The van der Waals surface area contributed by atoms with Gasteiger partial charge in [0.25, 0.3) is 0 Å². The Balaban J connectivity index is 0.00000481. The van der Waals surface area contributed by atoms with Crippen LogP contribution in [0.3, 0.4) is 0 Å². The Morgan fingerprint density at radius 2 is 1.65 bits per heavy atom. The van der Waals surface area contributed by atoms with E-state index in [1.165, 1.54) is 6.42 Å². The van der Waals surface area contributed by atoms with Gasteiger partial charge in [-0.1, -0.05) is 57.5 Å². The van der Waals surface area contributed by atoms with Crippen molar-refractivity contribution in [2.45, 2.75) is 98.3 Å². The van der Waals surface area contributed by atoms with Gasteiger partial charge in [0.1, 0.15) is 11.9 Å². The highest BCUT2D eigenvalue weighted by molar-refractivity contribution is 5.90. The van der Waals surface area contributed by atoms with Gasteiger partial charge in [-0.15, -0.1) is 12.4 Å². The van der Waals surface area contributed by atoms with Crippen molar-refractivity contribution in [2.75, 3.05) is 6.54 Å². The van der Waals surface area contributed by atoms with Crippen LogP contribution in [-0.2, 0) is 4.74 Å². The summed E-state index contributed by atoms with van der Waals surface area (Å²) >= 11 is 0. The van der Waals surface area contributed by atoms with Crippen LogP contribution in [0, 0.1) is 17.8 Å². The third-order valence-electron chi connectivity index (χ3n) is 8.06. The lowest BCUT2D eigenvalue weighted by molar-refractivity contribution is -0.0174. The minimum absolute atomic E-state index is 0. The molecule has 0 aromatic heterocycles. The molecule has 1 N–H and O–H groups in total. The Hall–Kier alpha value is -2.04. The van der Waals surface area contributed by atoms with E-state index < -0.39 is 0 Å². The van der Waals surface area contributed by atoms with Crippen LogP contribution in [0.1, 0.15) is 102 Å². The fraction of sp³-hybridized carbons (Fsp3) is 0.594. The van der Waals surface area contributed by atoms with Crippen molar-refractivity contribution >= 4 is 18.4 Å². The molecule has 0 unspecified atom stereocenters. The molecule has 4 atom stereocenters. The number of halogens is 1. The molecule has 1 saturated carbocycles. The van der Waals surface area contributed by atoms with Gasteiger partial charge in [-0.2, -0.15) is 0 Å². The Bertz CT molecular complexity index is 967. The number of esters is 1.